The van der Waals surface area contributed by atoms with Crippen LogP contribution in [0.3, 0.4) is 0 Å². The van der Waals surface area contributed by atoms with E-state index in [0.29, 0.717) is 17.0 Å². The van der Waals surface area contributed by atoms with Crippen LogP contribution in [-0.4, -0.2) is 29.9 Å². The van der Waals surface area contributed by atoms with Crippen molar-refractivity contribution in [2.45, 2.75) is 26.7 Å². The Morgan fingerprint density at radius 3 is 2.89 bits per heavy atom. The fraction of sp³-hybridized carbons (Fsp3) is 0.333. The Morgan fingerprint density at radius 2 is 2.16 bits per heavy atom. The smallest absolute Gasteiger partial charge is 0.263 e. The molecule has 0 amide bonds. The van der Waals surface area contributed by atoms with Crippen molar-refractivity contribution in [1.82, 2.24) is 29.9 Å². The number of aromatic amines is 2. The van der Waals surface area contributed by atoms with E-state index >= 15 is 0 Å². The summed E-state index contributed by atoms with van der Waals surface area (Å²) < 4.78 is 1.68. The van der Waals surface area contributed by atoms with Gasteiger partial charge in [-0.15, -0.1) is 0 Å². The molecular formula is C12H14N6O. The first-order valence-electron chi connectivity index (χ1n) is 6.24. The van der Waals surface area contributed by atoms with E-state index < -0.39 is 0 Å². The number of hydrogen-bond donors (Lipinski definition) is 2. The molecule has 2 N–H and O–H groups in total. The number of nitrogens with zero attached hydrogens (tertiary/aromatic N) is 4. The largest absolute Gasteiger partial charge is 0.290 e. The summed E-state index contributed by atoms with van der Waals surface area (Å²) in [6.07, 6.45) is 3.13. The second-order valence-electron chi connectivity index (χ2n) is 4.27. The molecule has 0 saturated heterocycles. The standard InChI is InChI=1S/C12H14N6O/c1-3-7-5-8(4-2)18(17-7)12-14-10-9(6-13-16-10)11(19)15-12/h5-6H,3-4H2,1-2H3,(H2,13,14,15,16,19). The first kappa shape index (κ1) is 11.6. The Labute approximate surface area is 108 Å². The highest BCUT2D eigenvalue weighted by molar-refractivity contribution is 5.72. The maximum absolute atomic E-state index is 11.9. The molecule has 0 aliphatic heterocycles. The molecule has 0 saturated carbocycles. The van der Waals surface area contributed by atoms with E-state index in [9.17, 15) is 4.79 Å². The topological polar surface area (TPSA) is 92.2 Å². The monoisotopic (exact) mass is 258 g/mol. The van der Waals surface area contributed by atoms with Gasteiger partial charge < -0.3 is 0 Å². The molecule has 3 aromatic rings. The molecule has 98 valence electrons. The van der Waals surface area contributed by atoms with Gasteiger partial charge in [0.2, 0.25) is 5.95 Å². The van der Waals surface area contributed by atoms with Crippen LogP contribution in [0.5, 0.6) is 0 Å². The van der Waals surface area contributed by atoms with Gasteiger partial charge in [0.1, 0.15) is 5.39 Å². The van der Waals surface area contributed by atoms with E-state index in [0.717, 1.165) is 24.2 Å². The SMILES string of the molecule is CCc1cc(CC)n(-c2nc3[nH]ncc3c(=O)[nH]2)n1. The summed E-state index contributed by atoms with van der Waals surface area (Å²) in [6, 6.07) is 2.02. The van der Waals surface area contributed by atoms with Crippen molar-refractivity contribution in [1.29, 1.82) is 0 Å². The van der Waals surface area contributed by atoms with Gasteiger partial charge in [0.15, 0.2) is 5.65 Å². The Bertz CT molecular complexity index is 781. The number of aromatic nitrogens is 6. The van der Waals surface area contributed by atoms with Crippen LogP contribution in [0.15, 0.2) is 17.1 Å². The van der Waals surface area contributed by atoms with Crippen LogP contribution < -0.4 is 5.56 Å². The molecule has 3 aromatic heterocycles. The third kappa shape index (κ3) is 1.83. The molecule has 19 heavy (non-hydrogen) atoms. The Kier molecular flexibility index (Phi) is 2.66. The third-order valence-electron chi connectivity index (χ3n) is 3.07. The molecule has 0 aliphatic rings. The third-order valence-corrected chi connectivity index (χ3v) is 3.07. The van der Waals surface area contributed by atoms with Crippen LogP contribution >= 0.6 is 0 Å². The molecule has 3 rings (SSSR count). The van der Waals surface area contributed by atoms with Crippen LogP contribution in [0, 0.1) is 0 Å². The van der Waals surface area contributed by atoms with E-state index in [-0.39, 0.29) is 5.56 Å². The lowest BCUT2D eigenvalue weighted by Gasteiger charge is -2.03. The minimum Gasteiger partial charge on any atom is -0.290 e. The zero-order chi connectivity index (χ0) is 13.4. The molecule has 0 aliphatic carbocycles. The van der Waals surface area contributed by atoms with Gasteiger partial charge in [-0.2, -0.15) is 15.2 Å². The molecule has 7 nitrogen and oxygen atoms in total. The molecular weight excluding hydrogens is 244 g/mol. The average molecular weight is 258 g/mol. The van der Waals surface area contributed by atoms with Crippen molar-refractivity contribution in [2.75, 3.05) is 0 Å². The van der Waals surface area contributed by atoms with E-state index in [1.165, 1.54) is 6.20 Å². The molecule has 0 spiro atoms. The van der Waals surface area contributed by atoms with Gasteiger partial charge in [0, 0.05) is 5.69 Å². The highest BCUT2D eigenvalue weighted by Crippen LogP contribution is 2.11. The fourth-order valence-electron chi connectivity index (χ4n) is 2.02. The van der Waals surface area contributed by atoms with Crippen LogP contribution in [0.2, 0.25) is 0 Å². The predicted molar refractivity (Wildman–Crippen MR) is 70.4 cm³/mol. The molecule has 3 heterocycles. The highest BCUT2D eigenvalue weighted by atomic mass is 16.1. The van der Waals surface area contributed by atoms with Gasteiger partial charge in [0.25, 0.3) is 5.56 Å². The van der Waals surface area contributed by atoms with Gasteiger partial charge in [-0.3, -0.25) is 14.9 Å². The van der Waals surface area contributed by atoms with Gasteiger partial charge in [-0.1, -0.05) is 13.8 Å². The summed E-state index contributed by atoms with van der Waals surface area (Å²) >= 11 is 0. The molecule has 0 bridgehead atoms. The summed E-state index contributed by atoms with van der Waals surface area (Å²) in [5, 5.41) is 11.4. The number of hydrogen-bond acceptors (Lipinski definition) is 4. The van der Waals surface area contributed by atoms with Gasteiger partial charge in [-0.05, 0) is 18.9 Å². The lowest BCUT2D eigenvalue weighted by atomic mass is 10.3. The summed E-state index contributed by atoms with van der Waals surface area (Å²) in [6.45, 7) is 4.08. The van der Waals surface area contributed by atoms with Gasteiger partial charge >= 0.3 is 0 Å². The van der Waals surface area contributed by atoms with Crippen molar-refractivity contribution in [3.05, 3.63) is 34.0 Å². The molecule has 0 aromatic carbocycles. The zero-order valence-electron chi connectivity index (χ0n) is 10.8. The van der Waals surface area contributed by atoms with E-state index in [4.69, 9.17) is 0 Å². The lowest BCUT2D eigenvalue weighted by Crippen LogP contribution is -2.15. The summed E-state index contributed by atoms with van der Waals surface area (Å²) in [5.41, 5.74) is 2.24. The molecule has 7 heteroatoms. The molecule has 0 radical (unpaired) electrons. The van der Waals surface area contributed by atoms with E-state index in [1.807, 2.05) is 19.9 Å². The van der Waals surface area contributed by atoms with Gasteiger partial charge in [0.05, 0.1) is 11.9 Å². The number of H-pyrrole nitrogens is 2. The number of aryl methyl sites for hydroxylation is 2. The normalized spacial score (nSPS) is 11.3. The average Bonchev–Trinajstić information content (AvgIpc) is 3.04. The van der Waals surface area contributed by atoms with E-state index in [2.05, 4.69) is 25.3 Å². The maximum atomic E-state index is 11.9. The minimum absolute atomic E-state index is 0.218. The predicted octanol–water partition coefficient (Wildman–Crippen LogP) is 0.957. The summed E-state index contributed by atoms with van der Waals surface area (Å²) in [5.74, 6) is 0.415. The van der Waals surface area contributed by atoms with Crippen LogP contribution in [-0.2, 0) is 12.8 Å². The fourth-order valence-corrected chi connectivity index (χ4v) is 2.02. The van der Waals surface area contributed by atoms with E-state index in [1.54, 1.807) is 4.68 Å². The van der Waals surface area contributed by atoms with Crippen molar-refractivity contribution >= 4 is 11.0 Å². The molecule has 0 unspecified atom stereocenters. The van der Waals surface area contributed by atoms with Crippen molar-refractivity contribution in [2.24, 2.45) is 0 Å². The van der Waals surface area contributed by atoms with Crippen molar-refractivity contribution in [3.63, 3.8) is 0 Å². The molecule has 0 fully saturated rings. The number of rotatable bonds is 3. The van der Waals surface area contributed by atoms with Crippen molar-refractivity contribution in [3.8, 4) is 5.95 Å². The summed E-state index contributed by atoms with van der Waals surface area (Å²) in [7, 11) is 0. The Balaban J connectivity index is 2.23. The Hall–Kier alpha value is -2.44. The van der Waals surface area contributed by atoms with Crippen LogP contribution in [0.25, 0.3) is 17.0 Å². The second kappa shape index (κ2) is 4.34. The number of nitrogens with one attached hydrogen (secondary N) is 2. The van der Waals surface area contributed by atoms with Crippen molar-refractivity contribution < 1.29 is 0 Å². The molecule has 0 atom stereocenters. The van der Waals surface area contributed by atoms with Crippen LogP contribution in [0.4, 0.5) is 0 Å². The first-order valence-corrected chi connectivity index (χ1v) is 6.24. The maximum Gasteiger partial charge on any atom is 0.263 e. The zero-order valence-corrected chi connectivity index (χ0v) is 10.8. The lowest BCUT2D eigenvalue weighted by molar-refractivity contribution is 0.746. The Morgan fingerprint density at radius 1 is 1.32 bits per heavy atom. The van der Waals surface area contributed by atoms with Crippen LogP contribution in [0.1, 0.15) is 25.2 Å². The minimum atomic E-state index is -0.218. The van der Waals surface area contributed by atoms with Gasteiger partial charge in [-0.25, -0.2) is 4.68 Å². The quantitative estimate of drug-likeness (QED) is 0.731. The highest BCUT2D eigenvalue weighted by Gasteiger charge is 2.12. The first-order chi connectivity index (χ1) is 9.22. The summed E-state index contributed by atoms with van der Waals surface area (Å²) in [4.78, 5) is 19.0. The number of fused-ring (bicyclic) bond motifs is 1. The second-order valence-corrected chi connectivity index (χ2v) is 4.27.